The zero-order valence-electron chi connectivity index (χ0n) is 20.7. The number of amides is 1. The van der Waals surface area contributed by atoms with E-state index in [9.17, 15) is 4.79 Å². The number of hydrogen-bond acceptors (Lipinski definition) is 8. The molecule has 5 fully saturated rings. The normalized spacial score (nSPS) is 39.6. The minimum absolute atomic E-state index is 0.0354. The monoisotopic (exact) mass is 478 g/mol. The highest BCUT2D eigenvalue weighted by molar-refractivity contribution is 5.79. The molecule has 5 aliphatic rings. The number of carbonyl (C=O) groups is 1. The van der Waals surface area contributed by atoms with Gasteiger partial charge in [0.25, 0.3) is 0 Å². The average molecular weight is 479 g/mol. The van der Waals surface area contributed by atoms with Gasteiger partial charge in [0.15, 0.2) is 11.6 Å². The summed E-state index contributed by atoms with van der Waals surface area (Å²) in [6.45, 7) is 18.7. The number of carbonyl (C=O) groups excluding carboxylic acids is 1. The molecule has 5 atom stereocenters. The molecule has 5 aliphatic heterocycles. The van der Waals surface area contributed by atoms with Gasteiger partial charge in [-0.3, -0.25) is 19.4 Å². The van der Waals surface area contributed by atoms with Crippen LogP contribution >= 0.6 is 0 Å². The zero-order valence-corrected chi connectivity index (χ0v) is 20.7. The summed E-state index contributed by atoms with van der Waals surface area (Å²) in [7, 11) is 0. The van der Waals surface area contributed by atoms with Gasteiger partial charge >= 0.3 is 6.17 Å². The summed E-state index contributed by atoms with van der Waals surface area (Å²) in [6.07, 6.45) is 2.52. The van der Waals surface area contributed by atoms with Crippen LogP contribution in [0, 0.1) is 6.57 Å². The van der Waals surface area contributed by atoms with Crippen molar-refractivity contribution in [1.29, 1.82) is 0 Å². The van der Waals surface area contributed by atoms with Crippen LogP contribution in [0.15, 0.2) is 0 Å². The molecule has 1 amide bonds. The highest BCUT2D eigenvalue weighted by Crippen LogP contribution is 2.47. The second-order valence-electron chi connectivity index (χ2n) is 11.1. The number of piperidine rings is 1. The molecule has 0 saturated carbocycles. The molecular formula is C24H38N4O6. The van der Waals surface area contributed by atoms with Gasteiger partial charge in [-0.25, -0.2) is 6.57 Å². The number of hydrogen-bond donors (Lipinski definition) is 1. The third kappa shape index (κ3) is 4.72. The predicted octanol–water partition coefficient (Wildman–Crippen LogP) is 1.31. The van der Waals surface area contributed by atoms with E-state index in [1.54, 1.807) is 4.90 Å². The van der Waals surface area contributed by atoms with Crippen molar-refractivity contribution in [3.8, 4) is 0 Å². The summed E-state index contributed by atoms with van der Waals surface area (Å²) >= 11 is 0. The van der Waals surface area contributed by atoms with E-state index < -0.39 is 17.4 Å². The van der Waals surface area contributed by atoms with Crippen LogP contribution in [0.5, 0.6) is 0 Å². The number of rotatable bonds is 5. The molecule has 34 heavy (non-hydrogen) atoms. The summed E-state index contributed by atoms with van der Waals surface area (Å²) in [5.74, 6) is -2.30. The summed E-state index contributed by atoms with van der Waals surface area (Å²) < 4.78 is 31.3. The van der Waals surface area contributed by atoms with E-state index in [2.05, 4.69) is 15.1 Å². The number of nitrogens with zero attached hydrogens (tertiary/aromatic N) is 3. The Morgan fingerprint density at radius 1 is 1.06 bits per heavy atom. The minimum Gasteiger partial charge on any atom is -0.343 e. The topological polar surface area (TPSA) is 86.1 Å². The molecule has 5 heterocycles. The molecule has 0 aromatic carbocycles. The Labute approximate surface area is 202 Å². The minimum atomic E-state index is -0.894. The fourth-order valence-electron chi connectivity index (χ4n) is 6.08. The Kier molecular flexibility index (Phi) is 6.43. The first-order valence-electron chi connectivity index (χ1n) is 12.6. The third-order valence-corrected chi connectivity index (χ3v) is 7.54. The molecule has 1 N–H and O–H groups in total. The maximum atomic E-state index is 12.5. The molecule has 190 valence electrons. The third-order valence-electron chi connectivity index (χ3n) is 7.54. The molecule has 10 nitrogen and oxygen atoms in total. The fourth-order valence-corrected chi connectivity index (χ4v) is 6.08. The van der Waals surface area contributed by atoms with E-state index in [0.29, 0.717) is 26.2 Å². The Morgan fingerprint density at radius 2 is 1.82 bits per heavy atom. The molecule has 5 saturated heterocycles. The fraction of sp³-hybridized carbons (Fsp3) is 0.917. The first kappa shape index (κ1) is 24.4. The van der Waals surface area contributed by atoms with Crippen LogP contribution < -0.4 is 5.32 Å². The van der Waals surface area contributed by atoms with Crippen molar-refractivity contribution >= 4 is 5.91 Å². The standard InChI is InChI=1S/C24H38N4O6/c1-22(2)31-17-14-30-24(21(20(17)32-22)33-23(3,4)34-24)15-27-11-8-16(9-12-27)26-13-19(29)28-10-6-7-18(28)25-5/h16-18,20-21,26H,6-15H2,1-4H3/t17-,18+,20-,21+,24+/m1/s1. The first-order valence-corrected chi connectivity index (χ1v) is 12.6. The zero-order chi connectivity index (χ0) is 24.1. The van der Waals surface area contributed by atoms with Gasteiger partial charge in [0.1, 0.15) is 18.3 Å². The maximum Gasteiger partial charge on any atom is 0.300 e. The molecule has 0 aromatic rings. The van der Waals surface area contributed by atoms with Crippen LogP contribution in [-0.2, 0) is 28.5 Å². The van der Waals surface area contributed by atoms with E-state index in [1.807, 2.05) is 27.7 Å². The van der Waals surface area contributed by atoms with Crippen molar-refractivity contribution in [2.75, 3.05) is 39.3 Å². The van der Waals surface area contributed by atoms with E-state index in [0.717, 1.165) is 38.8 Å². The molecular weight excluding hydrogens is 440 g/mol. The van der Waals surface area contributed by atoms with Crippen molar-refractivity contribution in [2.24, 2.45) is 0 Å². The molecule has 0 unspecified atom stereocenters. The highest BCUT2D eigenvalue weighted by atomic mass is 16.9. The molecule has 0 radical (unpaired) electrons. The summed E-state index contributed by atoms with van der Waals surface area (Å²) in [5.41, 5.74) is 0. The largest absolute Gasteiger partial charge is 0.343 e. The van der Waals surface area contributed by atoms with Crippen molar-refractivity contribution < 1.29 is 28.5 Å². The first-order chi connectivity index (χ1) is 16.1. The lowest BCUT2D eigenvalue weighted by Crippen LogP contribution is -2.63. The van der Waals surface area contributed by atoms with Gasteiger partial charge in [-0.05, 0) is 60.0 Å². The SMILES string of the molecule is [C-]#[N+][C@@H]1CCCN1C(=O)CNC1CCN(C[C@@]23OC[C@H]4OC(C)(C)O[C@H]4[C@@H]2OC(C)(C)O3)CC1. The Morgan fingerprint density at radius 3 is 2.56 bits per heavy atom. The lowest BCUT2D eigenvalue weighted by atomic mass is 9.95. The second kappa shape index (κ2) is 8.96. The highest BCUT2D eigenvalue weighted by Gasteiger charge is 2.65. The number of fused-ring (bicyclic) bond motifs is 3. The molecule has 5 rings (SSSR count). The average Bonchev–Trinajstić information content (AvgIpc) is 3.45. The number of likely N-dealkylation sites (tertiary alicyclic amines) is 2. The second-order valence-corrected chi connectivity index (χ2v) is 11.1. The van der Waals surface area contributed by atoms with E-state index in [4.69, 9.17) is 30.3 Å². The van der Waals surface area contributed by atoms with Crippen LogP contribution in [-0.4, -0.2) is 103 Å². The van der Waals surface area contributed by atoms with Crippen molar-refractivity contribution in [3.05, 3.63) is 11.4 Å². The van der Waals surface area contributed by atoms with E-state index >= 15 is 0 Å². The molecule has 10 heteroatoms. The van der Waals surface area contributed by atoms with Crippen molar-refractivity contribution in [3.63, 3.8) is 0 Å². The van der Waals surface area contributed by atoms with Gasteiger partial charge in [-0.15, -0.1) is 0 Å². The van der Waals surface area contributed by atoms with Crippen LogP contribution in [0.2, 0.25) is 0 Å². The van der Waals surface area contributed by atoms with Crippen LogP contribution in [0.4, 0.5) is 0 Å². The lowest BCUT2D eigenvalue weighted by Gasteiger charge is -2.44. The Bertz CT molecular complexity index is 823. The van der Waals surface area contributed by atoms with E-state index in [-0.39, 0.29) is 36.4 Å². The molecule has 0 bridgehead atoms. The maximum absolute atomic E-state index is 12.5. The number of ether oxygens (including phenoxy) is 5. The molecule has 0 spiro atoms. The van der Waals surface area contributed by atoms with E-state index in [1.165, 1.54) is 0 Å². The lowest BCUT2D eigenvalue weighted by molar-refractivity contribution is -0.287. The van der Waals surface area contributed by atoms with Gasteiger partial charge < -0.3 is 29.0 Å². The summed E-state index contributed by atoms with van der Waals surface area (Å²) in [5, 5.41) is 3.42. The van der Waals surface area contributed by atoms with Gasteiger partial charge in [0.2, 0.25) is 11.7 Å². The van der Waals surface area contributed by atoms with Crippen LogP contribution in [0.25, 0.3) is 4.85 Å². The van der Waals surface area contributed by atoms with Gasteiger partial charge in [-0.2, -0.15) is 0 Å². The summed E-state index contributed by atoms with van der Waals surface area (Å²) in [6, 6.07) is 0.281. The number of nitrogens with one attached hydrogen (secondary N) is 1. The van der Waals surface area contributed by atoms with Gasteiger partial charge in [-0.1, -0.05) is 0 Å². The van der Waals surface area contributed by atoms with Gasteiger partial charge in [0, 0.05) is 19.0 Å². The predicted molar refractivity (Wildman–Crippen MR) is 121 cm³/mol. The summed E-state index contributed by atoms with van der Waals surface area (Å²) in [4.78, 5) is 20.2. The van der Waals surface area contributed by atoms with Crippen molar-refractivity contribution in [2.45, 2.75) is 101 Å². The van der Waals surface area contributed by atoms with Crippen LogP contribution in [0.3, 0.4) is 0 Å². The van der Waals surface area contributed by atoms with Crippen molar-refractivity contribution in [1.82, 2.24) is 15.1 Å². The van der Waals surface area contributed by atoms with Crippen LogP contribution in [0.1, 0.15) is 53.4 Å². The Balaban J connectivity index is 1.15. The molecule has 0 aromatic heterocycles. The Hall–Kier alpha value is -1.32. The smallest absolute Gasteiger partial charge is 0.300 e. The van der Waals surface area contributed by atoms with Gasteiger partial charge in [0.05, 0.1) is 19.7 Å². The quantitative estimate of drug-likeness (QED) is 0.592. The molecule has 0 aliphatic carbocycles.